The molecule has 0 radical (unpaired) electrons. The molecule has 0 aliphatic heterocycles. The topological polar surface area (TPSA) is 9.23 Å². The molecule has 0 N–H and O–H groups in total. The summed E-state index contributed by atoms with van der Waals surface area (Å²) in [5.41, 5.74) is 0. The van der Waals surface area contributed by atoms with Gasteiger partial charge in [-0.1, -0.05) is 27.2 Å². The molecule has 0 atom stereocenters. The summed E-state index contributed by atoms with van der Waals surface area (Å²) in [4.78, 5) is 0. The third-order valence-corrected chi connectivity index (χ3v) is 7.64. The van der Waals surface area contributed by atoms with Gasteiger partial charge in [0.2, 0.25) is 0 Å². The first kappa shape index (κ1) is 11.2. The van der Waals surface area contributed by atoms with Crippen LogP contribution in [0.25, 0.3) is 0 Å². The molecule has 0 heterocycles. The monoisotopic (exact) mass is 174 g/mol. The quantitative estimate of drug-likeness (QED) is 0.593. The molecule has 0 aliphatic rings. The van der Waals surface area contributed by atoms with E-state index in [1.54, 1.807) is 0 Å². The highest BCUT2D eigenvalue weighted by atomic mass is 28.4. The minimum Gasteiger partial charge on any atom is -0.417 e. The van der Waals surface area contributed by atoms with Gasteiger partial charge in [0.15, 0.2) is 8.32 Å². The summed E-state index contributed by atoms with van der Waals surface area (Å²) in [5.74, 6) is 0. The van der Waals surface area contributed by atoms with Crippen molar-refractivity contribution < 1.29 is 4.43 Å². The van der Waals surface area contributed by atoms with E-state index in [-0.39, 0.29) is 0 Å². The van der Waals surface area contributed by atoms with E-state index in [1.807, 2.05) is 0 Å². The van der Waals surface area contributed by atoms with Crippen LogP contribution in [-0.4, -0.2) is 14.9 Å². The van der Waals surface area contributed by atoms with Gasteiger partial charge in [-0.15, -0.1) is 0 Å². The summed E-state index contributed by atoms with van der Waals surface area (Å²) in [7, 11) is -1.43. The Morgan fingerprint density at radius 3 is 1.91 bits per heavy atom. The second-order valence-corrected chi connectivity index (χ2v) is 8.84. The van der Waals surface area contributed by atoms with Crippen LogP contribution in [-0.2, 0) is 4.43 Å². The molecule has 0 rings (SSSR count). The fraction of sp³-hybridized carbons (Fsp3) is 1.00. The van der Waals surface area contributed by atoms with Gasteiger partial charge in [-0.05, 0) is 25.1 Å². The van der Waals surface area contributed by atoms with Crippen LogP contribution in [0.2, 0.25) is 18.1 Å². The highest BCUT2D eigenvalue weighted by Crippen LogP contribution is 2.40. The normalized spacial score (nSPS) is 13.6. The van der Waals surface area contributed by atoms with Crippen molar-refractivity contribution in [2.75, 3.05) is 6.61 Å². The smallest absolute Gasteiger partial charge is 0.192 e. The lowest BCUT2D eigenvalue weighted by molar-refractivity contribution is 0.301. The second-order valence-electron chi connectivity index (χ2n) is 4.18. The van der Waals surface area contributed by atoms with Crippen LogP contribution in [0.15, 0.2) is 0 Å². The molecule has 68 valence electrons. The molecule has 0 bridgehead atoms. The van der Waals surface area contributed by atoms with E-state index in [1.165, 1.54) is 6.42 Å². The van der Waals surface area contributed by atoms with Gasteiger partial charge in [0.25, 0.3) is 0 Å². The van der Waals surface area contributed by atoms with Crippen LogP contribution in [0.1, 0.15) is 34.1 Å². The molecule has 0 unspecified atom stereocenters. The van der Waals surface area contributed by atoms with Crippen LogP contribution >= 0.6 is 0 Å². The first-order valence-corrected chi connectivity index (χ1v) is 7.42. The van der Waals surface area contributed by atoms with E-state index >= 15 is 0 Å². The molecule has 0 aromatic carbocycles. The molecule has 11 heavy (non-hydrogen) atoms. The minimum atomic E-state index is -1.43. The van der Waals surface area contributed by atoms with Crippen molar-refractivity contribution in [3.05, 3.63) is 0 Å². The number of hydrogen-bond acceptors (Lipinski definition) is 1. The van der Waals surface area contributed by atoms with Gasteiger partial charge in [-0.2, -0.15) is 0 Å². The molecule has 0 aromatic rings. The van der Waals surface area contributed by atoms with Crippen LogP contribution in [0.4, 0.5) is 0 Å². The van der Waals surface area contributed by atoms with E-state index in [2.05, 4.69) is 40.8 Å². The van der Waals surface area contributed by atoms with Crippen molar-refractivity contribution >= 4 is 8.32 Å². The maximum Gasteiger partial charge on any atom is 0.192 e. The van der Waals surface area contributed by atoms with Crippen LogP contribution in [0, 0.1) is 0 Å². The SMILES string of the molecule is CCO[Si](C)(C)C(C)(C)CC. The predicted octanol–water partition coefficient (Wildman–Crippen LogP) is 3.42. The summed E-state index contributed by atoms with van der Waals surface area (Å²) in [6, 6.07) is 0. The van der Waals surface area contributed by atoms with Gasteiger partial charge in [0.1, 0.15) is 0 Å². The number of rotatable bonds is 4. The first-order valence-electron chi connectivity index (χ1n) is 4.51. The Morgan fingerprint density at radius 2 is 1.64 bits per heavy atom. The number of hydrogen-bond donors (Lipinski definition) is 0. The Hall–Kier alpha value is 0.177. The molecule has 0 saturated heterocycles. The van der Waals surface area contributed by atoms with E-state index in [9.17, 15) is 0 Å². The van der Waals surface area contributed by atoms with Crippen LogP contribution in [0.5, 0.6) is 0 Å². The minimum absolute atomic E-state index is 0.406. The van der Waals surface area contributed by atoms with Crippen molar-refractivity contribution in [3.63, 3.8) is 0 Å². The fourth-order valence-corrected chi connectivity index (χ4v) is 2.95. The summed E-state index contributed by atoms with van der Waals surface area (Å²) < 4.78 is 5.82. The fourth-order valence-electron chi connectivity index (χ4n) is 0.982. The Balaban J connectivity index is 4.26. The van der Waals surface area contributed by atoms with E-state index in [4.69, 9.17) is 4.43 Å². The Labute approximate surface area is 72.3 Å². The van der Waals surface area contributed by atoms with Gasteiger partial charge >= 0.3 is 0 Å². The first-order chi connectivity index (χ1) is 4.87. The van der Waals surface area contributed by atoms with Gasteiger partial charge in [0.05, 0.1) is 0 Å². The molecule has 0 aliphatic carbocycles. The van der Waals surface area contributed by atoms with Gasteiger partial charge in [0, 0.05) is 6.61 Å². The summed E-state index contributed by atoms with van der Waals surface area (Å²) >= 11 is 0. The van der Waals surface area contributed by atoms with Gasteiger partial charge < -0.3 is 4.43 Å². The highest BCUT2D eigenvalue weighted by molar-refractivity contribution is 6.74. The average molecular weight is 174 g/mol. The molecule has 0 spiro atoms. The van der Waals surface area contributed by atoms with Crippen molar-refractivity contribution in [1.82, 2.24) is 0 Å². The standard InChI is InChI=1S/C9H22OSi/c1-7-9(3,4)11(5,6)10-8-2/h7-8H2,1-6H3. The Morgan fingerprint density at radius 1 is 1.18 bits per heavy atom. The lowest BCUT2D eigenvalue weighted by atomic mass is 10.1. The molecule has 0 fully saturated rings. The third-order valence-electron chi connectivity index (χ3n) is 3.02. The van der Waals surface area contributed by atoms with Crippen LogP contribution in [0.3, 0.4) is 0 Å². The maximum absolute atomic E-state index is 5.82. The largest absolute Gasteiger partial charge is 0.417 e. The second kappa shape index (κ2) is 3.72. The molecule has 0 amide bonds. The van der Waals surface area contributed by atoms with Gasteiger partial charge in [-0.3, -0.25) is 0 Å². The lowest BCUT2D eigenvalue weighted by Crippen LogP contribution is -2.42. The van der Waals surface area contributed by atoms with Crippen molar-refractivity contribution in [2.24, 2.45) is 0 Å². The molecular weight excluding hydrogens is 152 g/mol. The van der Waals surface area contributed by atoms with E-state index in [0.717, 1.165) is 6.61 Å². The van der Waals surface area contributed by atoms with Crippen molar-refractivity contribution in [1.29, 1.82) is 0 Å². The van der Waals surface area contributed by atoms with E-state index < -0.39 is 8.32 Å². The highest BCUT2D eigenvalue weighted by Gasteiger charge is 2.38. The van der Waals surface area contributed by atoms with E-state index in [0.29, 0.717) is 5.04 Å². The average Bonchev–Trinajstić information content (AvgIpc) is 1.87. The molecule has 2 heteroatoms. The zero-order valence-corrected chi connectivity index (χ0v) is 9.82. The molecular formula is C9H22OSi. The Kier molecular flexibility index (Phi) is 3.78. The molecule has 1 nitrogen and oxygen atoms in total. The van der Waals surface area contributed by atoms with Crippen molar-refractivity contribution in [2.45, 2.75) is 52.2 Å². The third kappa shape index (κ3) is 2.60. The molecule has 0 saturated carbocycles. The zero-order chi connectivity index (χ0) is 9.12. The summed E-state index contributed by atoms with van der Waals surface area (Å²) in [6.07, 6.45) is 1.21. The van der Waals surface area contributed by atoms with Gasteiger partial charge in [-0.25, -0.2) is 0 Å². The molecule has 0 aromatic heterocycles. The predicted molar refractivity (Wildman–Crippen MR) is 53.4 cm³/mol. The lowest BCUT2D eigenvalue weighted by Gasteiger charge is -2.38. The Bertz CT molecular complexity index is 119. The van der Waals surface area contributed by atoms with Crippen molar-refractivity contribution in [3.8, 4) is 0 Å². The summed E-state index contributed by atoms with van der Waals surface area (Å²) in [5, 5.41) is 0.406. The van der Waals surface area contributed by atoms with Crippen LogP contribution < -0.4 is 0 Å². The summed E-state index contributed by atoms with van der Waals surface area (Å²) in [6.45, 7) is 14.4. The zero-order valence-electron chi connectivity index (χ0n) is 8.82. The maximum atomic E-state index is 5.82.